The zero-order chi connectivity index (χ0) is 17.8. The second-order valence-electron chi connectivity index (χ2n) is 5.97. The first kappa shape index (κ1) is 17.1. The Labute approximate surface area is 144 Å². The third-order valence-corrected chi connectivity index (χ3v) is 4.16. The molecule has 0 aromatic heterocycles. The molecule has 3 nitrogen and oxygen atoms in total. The number of piperidine rings is 1. The standard InChI is InChI=1S/C20H17F2NO2/c21-17-8-7-15(19(22)13-17)4-1-14-2-5-16(6-3-14)20(25)23-11-9-18(24)10-12-23/h2-3,5-8,13,18,24H,9-12H2. The number of halogens is 2. The number of nitrogens with zero attached hydrogens (tertiary/aromatic N) is 1. The van der Waals surface area contributed by atoms with E-state index in [1.54, 1.807) is 29.2 Å². The Hall–Kier alpha value is -2.71. The summed E-state index contributed by atoms with van der Waals surface area (Å²) in [6.45, 7) is 1.09. The van der Waals surface area contributed by atoms with Gasteiger partial charge in [0.1, 0.15) is 11.6 Å². The molecule has 0 spiro atoms. The summed E-state index contributed by atoms with van der Waals surface area (Å²) in [5, 5.41) is 9.50. The van der Waals surface area contributed by atoms with Gasteiger partial charge in [-0.05, 0) is 49.2 Å². The molecule has 5 heteroatoms. The number of carbonyl (C=O) groups is 1. The minimum atomic E-state index is -0.702. The maximum atomic E-state index is 13.5. The molecule has 2 aromatic carbocycles. The fourth-order valence-corrected chi connectivity index (χ4v) is 2.68. The van der Waals surface area contributed by atoms with Gasteiger partial charge in [-0.2, -0.15) is 0 Å². The van der Waals surface area contributed by atoms with Crippen molar-refractivity contribution in [3.8, 4) is 11.8 Å². The van der Waals surface area contributed by atoms with Gasteiger partial charge in [-0.25, -0.2) is 8.78 Å². The molecule has 1 N–H and O–H groups in total. The van der Waals surface area contributed by atoms with Gasteiger partial charge in [0.05, 0.1) is 11.7 Å². The van der Waals surface area contributed by atoms with E-state index < -0.39 is 11.6 Å². The number of hydrogen-bond donors (Lipinski definition) is 1. The summed E-state index contributed by atoms with van der Waals surface area (Å²) in [6, 6.07) is 9.99. The fourth-order valence-electron chi connectivity index (χ4n) is 2.68. The Morgan fingerprint density at radius 3 is 2.36 bits per heavy atom. The van der Waals surface area contributed by atoms with E-state index in [2.05, 4.69) is 11.8 Å². The smallest absolute Gasteiger partial charge is 0.253 e. The molecule has 2 aromatic rings. The highest BCUT2D eigenvalue weighted by atomic mass is 19.1. The average Bonchev–Trinajstić information content (AvgIpc) is 2.61. The van der Waals surface area contributed by atoms with Crippen molar-refractivity contribution in [3.05, 3.63) is 70.8 Å². The summed E-state index contributed by atoms with van der Waals surface area (Å²) in [6.07, 6.45) is 0.866. The summed E-state index contributed by atoms with van der Waals surface area (Å²) in [5.41, 5.74) is 1.30. The molecule has 1 amide bonds. The van der Waals surface area contributed by atoms with Crippen LogP contribution in [0.2, 0.25) is 0 Å². The van der Waals surface area contributed by atoms with Crippen LogP contribution < -0.4 is 0 Å². The Balaban J connectivity index is 1.70. The lowest BCUT2D eigenvalue weighted by molar-refractivity contribution is 0.0546. The van der Waals surface area contributed by atoms with Crippen molar-refractivity contribution in [2.45, 2.75) is 18.9 Å². The van der Waals surface area contributed by atoms with Crippen LogP contribution in [0.5, 0.6) is 0 Å². The van der Waals surface area contributed by atoms with Crippen molar-refractivity contribution in [2.24, 2.45) is 0 Å². The summed E-state index contributed by atoms with van der Waals surface area (Å²) in [4.78, 5) is 14.1. The molecular formula is C20H17F2NO2. The van der Waals surface area contributed by atoms with Gasteiger partial charge in [0.2, 0.25) is 0 Å². The maximum Gasteiger partial charge on any atom is 0.253 e. The average molecular weight is 341 g/mol. The van der Waals surface area contributed by atoms with Crippen molar-refractivity contribution in [1.82, 2.24) is 4.90 Å². The van der Waals surface area contributed by atoms with Crippen LogP contribution >= 0.6 is 0 Å². The van der Waals surface area contributed by atoms with Crippen molar-refractivity contribution in [3.63, 3.8) is 0 Å². The zero-order valence-corrected chi connectivity index (χ0v) is 13.5. The van der Waals surface area contributed by atoms with E-state index in [9.17, 15) is 18.7 Å². The van der Waals surface area contributed by atoms with E-state index in [0.29, 0.717) is 37.1 Å². The summed E-state index contributed by atoms with van der Waals surface area (Å²) >= 11 is 0. The first-order valence-corrected chi connectivity index (χ1v) is 8.07. The van der Waals surface area contributed by atoms with Crippen LogP contribution in [0.3, 0.4) is 0 Å². The Kier molecular flexibility index (Phi) is 5.11. The van der Waals surface area contributed by atoms with Crippen LogP contribution in [0, 0.1) is 23.5 Å². The fraction of sp³-hybridized carbons (Fsp3) is 0.250. The van der Waals surface area contributed by atoms with Gasteiger partial charge in [-0.15, -0.1) is 0 Å². The van der Waals surface area contributed by atoms with Gasteiger partial charge in [-0.3, -0.25) is 4.79 Å². The summed E-state index contributed by atoms with van der Waals surface area (Å²) in [7, 11) is 0. The predicted octanol–water partition coefficient (Wildman–Crippen LogP) is 2.96. The highest BCUT2D eigenvalue weighted by Crippen LogP contribution is 2.14. The third-order valence-electron chi connectivity index (χ3n) is 4.16. The van der Waals surface area contributed by atoms with Crippen LogP contribution in [-0.2, 0) is 0 Å². The third kappa shape index (κ3) is 4.23. The lowest BCUT2D eigenvalue weighted by atomic mass is 10.1. The van der Waals surface area contributed by atoms with Crippen LogP contribution in [0.1, 0.15) is 34.3 Å². The highest BCUT2D eigenvalue weighted by Gasteiger charge is 2.22. The van der Waals surface area contributed by atoms with Gasteiger partial charge in [0.25, 0.3) is 5.91 Å². The van der Waals surface area contributed by atoms with Gasteiger partial charge in [0.15, 0.2) is 0 Å². The highest BCUT2D eigenvalue weighted by molar-refractivity contribution is 5.94. The van der Waals surface area contributed by atoms with Gasteiger partial charge < -0.3 is 10.0 Å². The number of amides is 1. The molecule has 1 saturated heterocycles. The molecule has 1 fully saturated rings. The Morgan fingerprint density at radius 2 is 1.72 bits per heavy atom. The number of aliphatic hydroxyl groups excluding tert-OH is 1. The second-order valence-corrected chi connectivity index (χ2v) is 5.97. The SMILES string of the molecule is O=C(c1ccc(C#Cc2ccc(F)cc2F)cc1)N1CCC(O)CC1. The van der Waals surface area contributed by atoms with Crippen LogP contribution in [0.15, 0.2) is 42.5 Å². The number of benzene rings is 2. The van der Waals surface area contributed by atoms with Crippen molar-refractivity contribution in [1.29, 1.82) is 0 Å². The van der Waals surface area contributed by atoms with E-state index in [1.165, 1.54) is 6.07 Å². The molecule has 0 radical (unpaired) electrons. The first-order chi connectivity index (χ1) is 12.0. The minimum absolute atomic E-state index is 0.0732. The lowest BCUT2D eigenvalue weighted by Gasteiger charge is -2.29. The molecule has 0 saturated carbocycles. The van der Waals surface area contributed by atoms with Crippen LogP contribution in [-0.4, -0.2) is 35.1 Å². The van der Waals surface area contributed by atoms with E-state index in [1.807, 2.05) is 0 Å². The molecule has 128 valence electrons. The molecule has 25 heavy (non-hydrogen) atoms. The molecule has 1 aliphatic heterocycles. The molecule has 1 heterocycles. The van der Waals surface area contributed by atoms with E-state index in [0.717, 1.165) is 12.1 Å². The Bertz CT molecular complexity index is 829. The van der Waals surface area contributed by atoms with Crippen LogP contribution in [0.25, 0.3) is 0 Å². The van der Waals surface area contributed by atoms with Crippen molar-refractivity contribution >= 4 is 5.91 Å². The van der Waals surface area contributed by atoms with Crippen molar-refractivity contribution in [2.75, 3.05) is 13.1 Å². The molecule has 0 aliphatic carbocycles. The van der Waals surface area contributed by atoms with Gasteiger partial charge >= 0.3 is 0 Å². The van der Waals surface area contributed by atoms with E-state index >= 15 is 0 Å². The number of likely N-dealkylation sites (tertiary alicyclic amines) is 1. The molecule has 0 unspecified atom stereocenters. The molecule has 0 bridgehead atoms. The number of rotatable bonds is 1. The molecule has 0 atom stereocenters. The molecular weight excluding hydrogens is 324 g/mol. The number of carbonyl (C=O) groups excluding carboxylic acids is 1. The largest absolute Gasteiger partial charge is 0.393 e. The quantitative estimate of drug-likeness (QED) is 0.810. The van der Waals surface area contributed by atoms with Crippen molar-refractivity contribution < 1.29 is 18.7 Å². The Morgan fingerprint density at radius 1 is 1.04 bits per heavy atom. The van der Waals surface area contributed by atoms with E-state index in [-0.39, 0.29) is 17.6 Å². The summed E-state index contributed by atoms with van der Waals surface area (Å²) in [5.74, 6) is 4.04. The van der Waals surface area contributed by atoms with Crippen LogP contribution in [0.4, 0.5) is 8.78 Å². The normalized spacial score (nSPS) is 14.8. The van der Waals surface area contributed by atoms with E-state index in [4.69, 9.17) is 0 Å². The monoisotopic (exact) mass is 341 g/mol. The number of hydrogen-bond acceptors (Lipinski definition) is 2. The number of aliphatic hydroxyl groups is 1. The molecule has 3 rings (SSSR count). The predicted molar refractivity (Wildman–Crippen MR) is 89.9 cm³/mol. The second kappa shape index (κ2) is 7.45. The van der Waals surface area contributed by atoms with Gasteiger partial charge in [0, 0.05) is 30.3 Å². The minimum Gasteiger partial charge on any atom is -0.393 e. The first-order valence-electron chi connectivity index (χ1n) is 8.07. The molecule has 1 aliphatic rings. The lowest BCUT2D eigenvalue weighted by Crippen LogP contribution is -2.40. The zero-order valence-electron chi connectivity index (χ0n) is 13.5. The summed E-state index contributed by atoms with van der Waals surface area (Å²) < 4.78 is 26.4. The topological polar surface area (TPSA) is 40.5 Å². The maximum absolute atomic E-state index is 13.5. The van der Waals surface area contributed by atoms with Gasteiger partial charge in [-0.1, -0.05) is 11.8 Å².